The maximum absolute atomic E-state index is 13.3. The van der Waals surface area contributed by atoms with Crippen LogP contribution < -0.4 is 10.6 Å². The fourth-order valence-corrected chi connectivity index (χ4v) is 9.29. The van der Waals surface area contributed by atoms with Crippen molar-refractivity contribution >= 4 is 34.9 Å². The van der Waals surface area contributed by atoms with Gasteiger partial charge in [-0.15, -0.1) is 23.1 Å². The van der Waals surface area contributed by atoms with E-state index < -0.39 is 0 Å². The van der Waals surface area contributed by atoms with E-state index in [0.29, 0.717) is 17.9 Å². The van der Waals surface area contributed by atoms with Gasteiger partial charge in [0.05, 0.1) is 30.6 Å². The average Bonchev–Trinajstić information content (AvgIpc) is 3.42. The number of thioether (sulfide) groups is 1. The van der Waals surface area contributed by atoms with Crippen LogP contribution in [0.5, 0.6) is 0 Å². The van der Waals surface area contributed by atoms with E-state index in [-0.39, 0.29) is 23.4 Å². The first kappa shape index (κ1) is 25.4. The van der Waals surface area contributed by atoms with Gasteiger partial charge in [0.2, 0.25) is 5.91 Å². The van der Waals surface area contributed by atoms with E-state index in [0.717, 1.165) is 68.2 Å². The zero-order valence-corrected chi connectivity index (χ0v) is 23.0. The molecule has 6 nitrogen and oxygen atoms in total. The van der Waals surface area contributed by atoms with E-state index in [1.807, 2.05) is 24.3 Å². The quantitative estimate of drug-likeness (QED) is 0.451. The topological polar surface area (TPSA) is 70.7 Å². The third-order valence-electron chi connectivity index (χ3n) is 8.75. The van der Waals surface area contributed by atoms with Gasteiger partial charge in [-0.1, -0.05) is 18.2 Å². The smallest absolute Gasteiger partial charge is 0.252 e. The Hall–Kier alpha value is -1.87. The van der Waals surface area contributed by atoms with Crippen molar-refractivity contribution in [3.63, 3.8) is 0 Å². The minimum Gasteiger partial charge on any atom is -0.379 e. The molecule has 1 aromatic heterocycles. The highest BCUT2D eigenvalue weighted by atomic mass is 32.2. The maximum atomic E-state index is 13.3. The number of hydrogen-bond donors (Lipinski definition) is 2. The number of nitrogens with zero attached hydrogens (tertiary/aromatic N) is 1. The first-order valence-electron chi connectivity index (χ1n) is 13.7. The van der Waals surface area contributed by atoms with Gasteiger partial charge in [-0.25, -0.2) is 0 Å². The Balaban J connectivity index is 1.06. The van der Waals surface area contributed by atoms with Crippen molar-refractivity contribution in [3.8, 4) is 0 Å². The number of hydrogen-bond acceptors (Lipinski definition) is 6. The molecule has 8 heteroatoms. The monoisotopic (exact) mass is 539 g/mol. The first-order valence-corrected chi connectivity index (χ1v) is 15.6. The van der Waals surface area contributed by atoms with E-state index in [9.17, 15) is 9.59 Å². The van der Waals surface area contributed by atoms with Crippen molar-refractivity contribution in [2.75, 3.05) is 38.6 Å². The van der Waals surface area contributed by atoms with Crippen LogP contribution in [0.4, 0.5) is 0 Å². The standard InChI is InChI=1S/C29H37N3O3S2/c33-27(31-29-15-20-12-21(16-29)14-22(13-20)17-29)19-37-25-5-2-1-4-23(25)28(34)30-18-24(26-6-3-11-36-26)32-7-9-35-10-8-32/h1-6,11,20-22,24H,7-10,12-19H2,(H,30,34)(H,31,33)/t20?,21?,22?,24-,29?/m1/s1. The number of benzene rings is 1. The number of carbonyl (C=O) groups is 2. The molecule has 0 spiro atoms. The van der Waals surface area contributed by atoms with E-state index in [1.54, 1.807) is 11.3 Å². The Labute approximate surface area is 227 Å². The Bertz CT molecular complexity index is 1060. The summed E-state index contributed by atoms with van der Waals surface area (Å²) in [6.45, 7) is 3.72. The highest BCUT2D eigenvalue weighted by Gasteiger charge is 2.51. The number of rotatable bonds is 9. The fourth-order valence-electron chi connectivity index (χ4n) is 7.58. The molecule has 2 N–H and O–H groups in total. The molecule has 1 saturated heterocycles. The van der Waals surface area contributed by atoms with Crippen LogP contribution in [-0.2, 0) is 9.53 Å². The summed E-state index contributed by atoms with van der Waals surface area (Å²) < 4.78 is 5.54. The van der Waals surface area contributed by atoms with E-state index in [1.165, 1.54) is 35.9 Å². The van der Waals surface area contributed by atoms with Gasteiger partial charge in [0.25, 0.3) is 5.91 Å². The second-order valence-corrected chi connectivity index (χ2v) is 13.4. The van der Waals surface area contributed by atoms with Crippen molar-refractivity contribution in [2.45, 2.75) is 55.0 Å². The number of ether oxygens (including phenoxy) is 1. The van der Waals surface area contributed by atoms with Crippen LogP contribution in [-0.4, -0.2) is 60.9 Å². The van der Waals surface area contributed by atoms with Gasteiger partial charge in [-0.05, 0) is 79.9 Å². The highest BCUT2D eigenvalue weighted by Crippen LogP contribution is 2.55. The molecule has 2 heterocycles. The van der Waals surface area contributed by atoms with E-state index in [2.05, 4.69) is 33.0 Å². The van der Waals surface area contributed by atoms with Gasteiger partial charge in [-0.2, -0.15) is 0 Å². The van der Waals surface area contributed by atoms with E-state index in [4.69, 9.17) is 4.74 Å². The van der Waals surface area contributed by atoms with Crippen molar-refractivity contribution in [1.82, 2.24) is 15.5 Å². The van der Waals surface area contributed by atoms with Crippen LogP contribution in [0.15, 0.2) is 46.7 Å². The predicted octanol–water partition coefficient (Wildman–Crippen LogP) is 4.73. The van der Waals surface area contributed by atoms with Gasteiger partial charge < -0.3 is 15.4 Å². The molecule has 1 atom stereocenters. The molecule has 4 aliphatic carbocycles. The van der Waals surface area contributed by atoms with Crippen LogP contribution in [0.3, 0.4) is 0 Å². The molecule has 198 valence electrons. The Morgan fingerprint density at radius 2 is 1.73 bits per heavy atom. The minimum atomic E-state index is -0.0839. The van der Waals surface area contributed by atoms with Crippen LogP contribution >= 0.6 is 23.1 Å². The molecule has 4 saturated carbocycles. The normalized spacial score (nSPS) is 29.7. The molecule has 4 bridgehead atoms. The van der Waals surface area contributed by atoms with Crippen LogP contribution in [0, 0.1) is 17.8 Å². The third kappa shape index (κ3) is 5.77. The van der Waals surface area contributed by atoms with Gasteiger partial charge in [0.1, 0.15) is 0 Å². The van der Waals surface area contributed by atoms with Crippen molar-refractivity contribution in [1.29, 1.82) is 0 Å². The number of amides is 2. The second-order valence-electron chi connectivity index (χ2n) is 11.4. The first-order chi connectivity index (χ1) is 18.1. The number of carbonyl (C=O) groups excluding carboxylic acids is 2. The lowest BCUT2D eigenvalue weighted by Gasteiger charge is -2.56. The molecule has 2 aromatic rings. The van der Waals surface area contributed by atoms with Crippen LogP contribution in [0.25, 0.3) is 0 Å². The van der Waals surface area contributed by atoms with Crippen molar-refractivity contribution < 1.29 is 14.3 Å². The lowest BCUT2D eigenvalue weighted by atomic mass is 9.53. The molecule has 1 aromatic carbocycles. The largest absolute Gasteiger partial charge is 0.379 e. The second kappa shape index (κ2) is 11.1. The zero-order valence-electron chi connectivity index (χ0n) is 21.3. The van der Waals surface area contributed by atoms with Gasteiger partial charge in [0, 0.05) is 34.9 Å². The number of morpholine rings is 1. The zero-order chi connectivity index (χ0) is 25.2. The molecule has 5 fully saturated rings. The molecule has 0 radical (unpaired) electrons. The van der Waals surface area contributed by atoms with Gasteiger partial charge >= 0.3 is 0 Å². The SMILES string of the molecule is O=C(CSc1ccccc1C(=O)NC[C@H](c1cccs1)N1CCOCC1)NC12CC3CC(CC(C3)C1)C2. The maximum Gasteiger partial charge on any atom is 0.252 e. The summed E-state index contributed by atoms with van der Waals surface area (Å²) in [6.07, 6.45) is 7.57. The summed E-state index contributed by atoms with van der Waals surface area (Å²) in [6, 6.07) is 12.0. The Morgan fingerprint density at radius 3 is 2.41 bits per heavy atom. The summed E-state index contributed by atoms with van der Waals surface area (Å²) in [5.41, 5.74) is 0.668. The molecule has 5 aliphatic rings. The van der Waals surface area contributed by atoms with Crippen molar-refractivity contribution in [2.24, 2.45) is 17.8 Å². The molecular weight excluding hydrogens is 502 g/mol. The Morgan fingerprint density at radius 1 is 1.03 bits per heavy atom. The molecule has 2 amide bonds. The van der Waals surface area contributed by atoms with E-state index >= 15 is 0 Å². The van der Waals surface area contributed by atoms with Gasteiger partial charge in [0.15, 0.2) is 0 Å². The minimum absolute atomic E-state index is 0.0274. The summed E-state index contributed by atoms with van der Waals surface area (Å²) in [7, 11) is 0. The van der Waals surface area contributed by atoms with Crippen molar-refractivity contribution in [3.05, 3.63) is 52.2 Å². The molecule has 7 rings (SSSR count). The molecule has 1 aliphatic heterocycles. The molecule has 37 heavy (non-hydrogen) atoms. The number of thiophene rings is 1. The summed E-state index contributed by atoms with van der Waals surface area (Å²) in [4.78, 5) is 30.9. The lowest BCUT2D eigenvalue weighted by molar-refractivity contribution is -0.124. The van der Waals surface area contributed by atoms with Gasteiger partial charge in [-0.3, -0.25) is 14.5 Å². The fraction of sp³-hybridized carbons (Fsp3) is 0.586. The molecular formula is C29H37N3O3S2. The summed E-state index contributed by atoms with van der Waals surface area (Å²) in [5.74, 6) is 2.78. The Kier molecular flexibility index (Phi) is 7.61. The summed E-state index contributed by atoms with van der Waals surface area (Å²) in [5, 5.41) is 8.74. The lowest BCUT2D eigenvalue weighted by Crippen LogP contribution is -2.60. The van der Waals surface area contributed by atoms with Crippen LogP contribution in [0.2, 0.25) is 0 Å². The molecule has 0 unspecified atom stereocenters. The predicted molar refractivity (Wildman–Crippen MR) is 148 cm³/mol. The highest BCUT2D eigenvalue weighted by molar-refractivity contribution is 8.00. The average molecular weight is 540 g/mol. The third-order valence-corrected chi connectivity index (χ3v) is 10.8. The van der Waals surface area contributed by atoms with Crippen LogP contribution in [0.1, 0.15) is 59.8 Å². The number of nitrogens with one attached hydrogen (secondary N) is 2. The summed E-state index contributed by atoms with van der Waals surface area (Å²) >= 11 is 3.20.